The predicted octanol–water partition coefficient (Wildman–Crippen LogP) is 4.53. The number of para-hydroxylation sites is 1. The summed E-state index contributed by atoms with van der Waals surface area (Å²) in [6.07, 6.45) is 0.626. The zero-order valence-electron chi connectivity index (χ0n) is 17.7. The number of ether oxygens (including phenoxy) is 1. The lowest BCUT2D eigenvalue weighted by molar-refractivity contribution is -0.0499. The van der Waals surface area contributed by atoms with Gasteiger partial charge in [-0.25, -0.2) is 8.42 Å². The first-order valence-electron chi connectivity index (χ1n) is 10.3. The van der Waals surface area contributed by atoms with Crippen molar-refractivity contribution in [2.45, 2.75) is 30.9 Å². The van der Waals surface area contributed by atoms with E-state index in [9.17, 15) is 22.0 Å². The summed E-state index contributed by atoms with van der Waals surface area (Å²) in [7, 11) is -3.84. The molecule has 6 nitrogen and oxygen atoms in total. The number of sulfonamides is 1. The minimum absolute atomic E-state index is 0.0115. The first-order chi connectivity index (χ1) is 15.8. The fourth-order valence-electron chi connectivity index (χ4n) is 3.81. The van der Waals surface area contributed by atoms with Gasteiger partial charge < -0.3 is 10.1 Å². The van der Waals surface area contributed by atoms with Gasteiger partial charge in [0, 0.05) is 12.1 Å². The smallest absolute Gasteiger partial charge is 0.387 e. The lowest BCUT2D eigenvalue weighted by Crippen LogP contribution is -2.30. The molecular formula is C24H22F2N2O4S. The first kappa shape index (κ1) is 22.7. The third-order valence-electron chi connectivity index (χ3n) is 5.46. The molecule has 9 heteroatoms. The maximum absolute atomic E-state index is 13.3. The van der Waals surface area contributed by atoms with Gasteiger partial charge >= 0.3 is 6.61 Å². The lowest BCUT2D eigenvalue weighted by atomic mass is 10.1. The molecule has 1 aliphatic heterocycles. The van der Waals surface area contributed by atoms with Crippen molar-refractivity contribution in [3.8, 4) is 5.75 Å². The van der Waals surface area contributed by atoms with Crippen molar-refractivity contribution in [1.29, 1.82) is 0 Å². The number of hydrogen-bond acceptors (Lipinski definition) is 4. The highest BCUT2D eigenvalue weighted by molar-refractivity contribution is 7.92. The van der Waals surface area contributed by atoms with E-state index in [0.29, 0.717) is 24.2 Å². The molecule has 0 spiro atoms. The molecule has 33 heavy (non-hydrogen) atoms. The van der Waals surface area contributed by atoms with Crippen LogP contribution in [0.4, 0.5) is 14.5 Å². The van der Waals surface area contributed by atoms with E-state index in [4.69, 9.17) is 0 Å². The summed E-state index contributed by atoms with van der Waals surface area (Å²) in [5, 5.41) is 2.77. The zero-order chi connectivity index (χ0) is 23.6. The van der Waals surface area contributed by atoms with E-state index < -0.39 is 28.6 Å². The van der Waals surface area contributed by atoms with E-state index in [1.54, 1.807) is 31.2 Å². The minimum atomic E-state index is -3.84. The summed E-state index contributed by atoms with van der Waals surface area (Å²) in [6.45, 7) is -0.912. The van der Waals surface area contributed by atoms with Crippen molar-refractivity contribution in [2.24, 2.45) is 0 Å². The standard InChI is InChI=1S/C24H22F2N2O4S/c1-16(18-7-4-9-20(14-18)32-24(25)26)27-23(29)19-8-5-10-21(15-19)33(30,31)28-13-12-17-6-2-3-11-22(17)28/h2-11,14-16,24H,12-13H2,1H3,(H,27,29). The van der Waals surface area contributed by atoms with Crippen LogP contribution in [0.15, 0.2) is 77.7 Å². The summed E-state index contributed by atoms with van der Waals surface area (Å²) in [6, 6.07) is 18.7. The predicted molar refractivity (Wildman–Crippen MR) is 120 cm³/mol. The second-order valence-electron chi connectivity index (χ2n) is 7.63. The number of carbonyl (C=O) groups is 1. The van der Waals surface area contributed by atoms with Crippen molar-refractivity contribution in [3.05, 3.63) is 89.5 Å². The number of carbonyl (C=O) groups excluding carboxylic acids is 1. The van der Waals surface area contributed by atoms with Gasteiger partial charge in [0.2, 0.25) is 0 Å². The number of benzene rings is 3. The Morgan fingerprint density at radius 3 is 2.58 bits per heavy atom. The van der Waals surface area contributed by atoms with Crippen molar-refractivity contribution < 1.29 is 26.7 Å². The maximum Gasteiger partial charge on any atom is 0.387 e. The number of anilines is 1. The van der Waals surface area contributed by atoms with Crippen LogP contribution in [0, 0.1) is 0 Å². The van der Waals surface area contributed by atoms with Crippen LogP contribution in [0.1, 0.15) is 34.5 Å². The molecule has 0 saturated heterocycles. The highest BCUT2D eigenvalue weighted by Gasteiger charge is 2.31. The van der Waals surface area contributed by atoms with Crippen LogP contribution in [0.5, 0.6) is 5.75 Å². The van der Waals surface area contributed by atoms with Crippen molar-refractivity contribution in [3.63, 3.8) is 0 Å². The Bertz CT molecular complexity index is 1280. The lowest BCUT2D eigenvalue weighted by Gasteiger charge is -2.20. The van der Waals surface area contributed by atoms with Gasteiger partial charge in [0.25, 0.3) is 15.9 Å². The van der Waals surface area contributed by atoms with Crippen LogP contribution < -0.4 is 14.4 Å². The molecule has 0 saturated carbocycles. The molecule has 1 atom stereocenters. The molecule has 0 fully saturated rings. The highest BCUT2D eigenvalue weighted by Crippen LogP contribution is 2.32. The fourth-order valence-corrected chi connectivity index (χ4v) is 5.36. The Morgan fingerprint density at radius 2 is 1.79 bits per heavy atom. The van der Waals surface area contributed by atoms with Crippen LogP contribution >= 0.6 is 0 Å². The van der Waals surface area contributed by atoms with E-state index in [1.165, 1.54) is 40.7 Å². The van der Waals surface area contributed by atoms with Gasteiger partial charge in [-0.2, -0.15) is 8.78 Å². The molecule has 3 aromatic carbocycles. The van der Waals surface area contributed by atoms with Crippen LogP contribution in [-0.2, 0) is 16.4 Å². The van der Waals surface area contributed by atoms with Gasteiger partial charge in [0.1, 0.15) is 5.75 Å². The molecule has 1 amide bonds. The summed E-state index contributed by atoms with van der Waals surface area (Å²) < 4.78 is 57.2. The van der Waals surface area contributed by atoms with Gasteiger partial charge in [0.15, 0.2) is 0 Å². The Morgan fingerprint density at radius 1 is 1.03 bits per heavy atom. The molecular weight excluding hydrogens is 450 g/mol. The molecule has 4 rings (SSSR count). The second kappa shape index (κ2) is 9.19. The van der Waals surface area contributed by atoms with Crippen LogP contribution in [0.3, 0.4) is 0 Å². The number of nitrogens with one attached hydrogen (secondary N) is 1. The van der Waals surface area contributed by atoms with Crippen LogP contribution in [-0.4, -0.2) is 27.5 Å². The van der Waals surface area contributed by atoms with Gasteiger partial charge in [-0.05, 0) is 60.9 Å². The molecule has 0 bridgehead atoms. The number of amides is 1. The van der Waals surface area contributed by atoms with E-state index in [0.717, 1.165) is 5.56 Å². The summed E-state index contributed by atoms with van der Waals surface area (Å²) in [5.74, 6) is -0.496. The number of fused-ring (bicyclic) bond motifs is 1. The average Bonchev–Trinajstić information content (AvgIpc) is 3.24. The number of hydrogen-bond donors (Lipinski definition) is 1. The van der Waals surface area contributed by atoms with Crippen molar-refractivity contribution in [1.82, 2.24) is 5.32 Å². The Balaban J connectivity index is 1.53. The molecule has 3 aromatic rings. The highest BCUT2D eigenvalue weighted by atomic mass is 32.2. The van der Waals surface area contributed by atoms with Gasteiger partial charge in [-0.1, -0.05) is 36.4 Å². The zero-order valence-corrected chi connectivity index (χ0v) is 18.6. The minimum Gasteiger partial charge on any atom is -0.435 e. The summed E-state index contributed by atoms with van der Waals surface area (Å²) >= 11 is 0. The second-order valence-corrected chi connectivity index (χ2v) is 9.49. The van der Waals surface area contributed by atoms with E-state index >= 15 is 0 Å². The number of halogens is 2. The normalized spacial score (nSPS) is 14.1. The Kier molecular flexibility index (Phi) is 6.33. The number of alkyl halides is 2. The number of nitrogens with zero attached hydrogens (tertiary/aromatic N) is 1. The first-order valence-corrected chi connectivity index (χ1v) is 11.8. The topological polar surface area (TPSA) is 75.7 Å². The maximum atomic E-state index is 13.3. The molecule has 1 aliphatic rings. The monoisotopic (exact) mass is 472 g/mol. The van der Waals surface area contributed by atoms with Gasteiger partial charge in [-0.3, -0.25) is 9.10 Å². The quantitative estimate of drug-likeness (QED) is 0.548. The largest absolute Gasteiger partial charge is 0.435 e. The molecule has 0 radical (unpaired) electrons. The molecule has 172 valence electrons. The van der Waals surface area contributed by atoms with E-state index in [-0.39, 0.29) is 16.2 Å². The molecule has 0 aromatic heterocycles. The van der Waals surface area contributed by atoms with E-state index in [2.05, 4.69) is 10.1 Å². The van der Waals surface area contributed by atoms with Crippen molar-refractivity contribution >= 4 is 21.6 Å². The van der Waals surface area contributed by atoms with E-state index in [1.807, 2.05) is 12.1 Å². The molecule has 1 N–H and O–H groups in total. The fraction of sp³-hybridized carbons (Fsp3) is 0.208. The van der Waals surface area contributed by atoms with Crippen LogP contribution in [0.2, 0.25) is 0 Å². The van der Waals surface area contributed by atoms with Crippen molar-refractivity contribution in [2.75, 3.05) is 10.8 Å². The van der Waals surface area contributed by atoms with Gasteiger partial charge in [-0.15, -0.1) is 0 Å². The molecule has 1 heterocycles. The Labute approximate surface area is 190 Å². The average molecular weight is 473 g/mol. The Hall–Kier alpha value is -3.46. The number of rotatable bonds is 7. The SMILES string of the molecule is CC(NC(=O)c1cccc(S(=O)(=O)N2CCc3ccccc32)c1)c1cccc(OC(F)F)c1. The van der Waals surface area contributed by atoms with Gasteiger partial charge in [0.05, 0.1) is 16.6 Å². The summed E-state index contributed by atoms with van der Waals surface area (Å²) in [5.41, 5.74) is 2.35. The van der Waals surface area contributed by atoms with Crippen LogP contribution in [0.25, 0.3) is 0 Å². The third kappa shape index (κ3) is 4.83. The summed E-state index contributed by atoms with van der Waals surface area (Å²) in [4.78, 5) is 12.8. The third-order valence-corrected chi connectivity index (χ3v) is 7.27. The molecule has 0 aliphatic carbocycles. The molecule has 1 unspecified atom stereocenters.